The van der Waals surface area contributed by atoms with Gasteiger partial charge in [-0.25, -0.2) is 0 Å². The molecule has 3 aliphatic heterocycles. The van der Waals surface area contributed by atoms with Gasteiger partial charge in [0, 0.05) is 18.8 Å². The van der Waals surface area contributed by atoms with Crippen molar-refractivity contribution in [2.24, 2.45) is 17.8 Å². The van der Waals surface area contributed by atoms with Gasteiger partial charge in [0.05, 0.1) is 40.8 Å². The number of aryl methyl sites for hydroxylation is 1. The molecule has 0 aromatic heterocycles. The quantitative estimate of drug-likeness (QED) is 0.272. The molecule has 2 unspecified atom stereocenters. The van der Waals surface area contributed by atoms with E-state index >= 15 is 4.79 Å². The summed E-state index contributed by atoms with van der Waals surface area (Å²) in [4.78, 5) is 49.6. The van der Waals surface area contributed by atoms with Crippen LogP contribution in [0, 0.1) is 24.7 Å². The van der Waals surface area contributed by atoms with E-state index in [2.05, 4.69) is 13.2 Å². The standard InChI is InChI=1S/C37H46ClN3O5/c1-7-20-39(26-15-11-10-12-16-26)33(43)29-30-34(44)41(27(23-42)22-24(4)5)32(37(30)19-18-36(29,9-3)46-37)35(45)40(21-8-2)31-25(6)14-13-17-28(31)38/h7-8,10-17,24,27,29-30,32,42H,1-2,9,18-23H2,3-6H3/t27-,29-,30+,32?,36+,37?/m1/s1. The lowest BCUT2D eigenvalue weighted by Crippen LogP contribution is -2.59. The molecule has 2 aromatic carbocycles. The third-order valence-electron chi connectivity index (χ3n) is 10.1. The van der Waals surface area contributed by atoms with Gasteiger partial charge in [0.25, 0.3) is 5.91 Å². The van der Waals surface area contributed by atoms with Crippen molar-refractivity contribution in [1.82, 2.24) is 4.90 Å². The van der Waals surface area contributed by atoms with E-state index in [1.54, 1.807) is 32.9 Å². The van der Waals surface area contributed by atoms with Gasteiger partial charge in [0.2, 0.25) is 11.8 Å². The highest BCUT2D eigenvalue weighted by atomic mass is 35.5. The summed E-state index contributed by atoms with van der Waals surface area (Å²) in [5.74, 6) is -2.51. The van der Waals surface area contributed by atoms with E-state index in [-0.39, 0.29) is 43.3 Å². The smallest absolute Gasteiger partial charge is 0.253 e. The molecule has 6 atom stereocenters. The van der Waals surface area contributed by atoms with Gasteiger partial charge in [-0.3, -0.25) is 14.4 Å². The first-order valence-corrected chi connectivity index (χ1v) is 16.7. The first-order chi connectivity index (χ1) is 22.0. The number of para-hydroxylation sites is 2. The number of halogens is 1. The Hall–Kier alpha value is -3.46. The fraction of sp³-hybridized carbons (Fsp3) is 0.486. The van der Waals surface area contributed by atoms with Gasteiger partial charge < -0.3 is 24.5 Å². The van der Waals surface area contributed by atoms with Crippen LogP contribution < -0.4 is 9.80 Å². The molecule has 1 spiro atoms. The van der Waals surface area contributed by atoms with Crippen LogP contribution >= 0.6 is 11.6 Å². The Labute approximate surface area is 277 Å². The Kier molecular flexibility index (Phi) is 9.83. The van der Waals surface area contributed by atoms with E-state index in [1.165, 1.54) is 0 Å². The van der Waals surface area contributed by atoms with Crippen molar-refractivity contribution in [3.05, 3.63) is 84.4 Å². The van der Waals surface area contributed by atoms with Crippen molar-refractivity contribution < 1.29 is 24.2 Å². The van der Waals surface area contributed by atoms with Crippen LogP contribution in [0.15, 0.2) is 73.8 Å². The Morgan fingerprint density at radius 2 is 1.74 bits per heavy atom. The van der Waals surface area contributed by atoms with E-state index < -0.39 is 35.1 Å². The summed E-state index contributed by atoms with van der Waals surface area (Å²) < 4.78 is 7.05. The van der Waals surface area contributed by atoms with Crippen LogP contribution in [-0.2, 0) is 19.1 Å². The molecule has 9 heteroatoms. The van der Waals surface area contributed by atoms with Crippen LogP contribution in [0.1, 0.15) is 52.0 Å². The monoisotopic (exact) mass is 647 g/mol. The fourth-order valence-corrected chi connectivity index (χ4v) is 8.61. The van der Waals surface area contributed by atoms with E-state index in [0.29, 0.717) is 42.1 Å². The molecule has 3 saturated heterocycles. The fourth-order valence-electron chi connectivity index (χ4n) is 8.28. The summed E-state index contributed by atoms with van der Waals surface area (Å²) in [6, 6.07) is 13.1. The Balaban J connectivity index is 1.69. The predicted octanol–water partition coefficient (Wildman–Crippen LogP) is 5.95. The second-order valence-electron chi connectivity index (χ2n) is 13.3. The highest BCUT2D eigenvalue weighted by Crippen LogP contribution is 2.65. The minimum Gasteiger partial charge on any atom is -0.394 e. The number of aliphatic hydroxyl groups excluding tert-OH is 1. The molecule has 0 aliphatic carbocycles. The number of carbonyl (C=O) groups is 3. The number of carbonyl (C=O) groups excluding carboxylic acids is 3. The number of ether oxygens (including phenoxy) is 1. The topological polar surface area (TPSA) is 90.4 Å². The summed E-state index contributed by atoms with van der Waals surface area (Å²) >= 11 is 6.72. The number of aliphatic hydroxyl groups is 1. The van der Waals surface area contributed by atoms with Crippen molar-refractivity contribution in [3.63, 3.8) is 0 Å². The first-order valence-electron chi connectivity index (χ1n) is 16.3. The molecule has 3 heterocycles. The Morgan fingerprint density at radius 1 is 1.07 bits per heavy atom. The number of anilines is 2. The maximum atomic E-state index is 15.1. The number of fused-ring (bicyclic) bond motifs is 1. The molecule has 1 N–H and O–H groups in total. The zero-order valence-electron chi connectivity index (χ0n) is 27.3. The number of likely N-dealkylation sites (tertiary alicyclic amines) is 1. The third kappa shape index (κ3) is 5.38. The summed E-state index contributed by atoms with van der Waals surface area (Å²) in [6.45, 7) is 15.8. The SMILES string of the molecule is C=CCN(C(=O)[C@H]1[C@H]2C(=O)N([C@@H](CO)CC(C)C)C(C(=O)N(CC=C)c3c(C)cccc3Cl)C23CC[C@]1(CC)O3)c1ccccc1. The largest absolute Gasteiger partial charge is 0.394 e. The molecule has 3 fully saturated rings. The second-order valence-corrected chi connectivity index (χ2v) is 13.7. The van der Waals surface area contributed by atoms with Crippen LogP contribution in [0.2, 0.25) is 5.02 Å². The van der Waals surface area contributed by atoms with Crippen molar-refractivity contribution in [3.8, 4) is 0 Å². The highest BCUT2D eigenvalue weighted by molar-refractivity contribution is 6.34. The van der Waals surface area contributed by atoms with E-state index in [4.69, 9.17) is 16.3 Å². The van der Waals surface area contributed by atoms with E-state index in [0.717, 1.165) is 5.56 Å². The predicted molar refractivity (Wildman–Crippen MR) is 182 cm³/mol. The molecule has 5 rings (SSSR count). The lowest BCUT2D eigenvalue weighted by atomic mass is 9.64. The van der Waals surface area contributed by atoms with Crippen LogP contribution in [0.4, 0.5) is 11.4 Å². The number of hydrogen-bond acceptors (Lipinski definition) is 5. The molecule has 246 valence electrons. The number of hydrogen-bond donors (Lipinski definition) is 1. The minimum absolute atomic E-state index is 0.131. The summed E-state index contributed by atoms with van der Waals surface area (Å²) in [5, 5.41) is 11.1. The lowest BCUT2D eigenvalue weighted by Gasteiger charge is -2.40. The van der Waals surface area contributed by atoms with Gasteiger partial charge in [-0.2, -0.15) is 0 Å². The number of rotatable bonds is 13. The van der Waals surface area contributed by atoms with Crippen molar-refractivity contribution in [2.45, 2.75) is 76.7 Å². The second kappa shape index (κ2) is 13.3. The molecule has 0 saturated carbocycles. The van der Waals surface area contributed by atoms with Crippen LogP contribution in [-0.4, -0.2) is 70.7 Å². The van der Waals surface area contributed by atoms with Gasteiger partial charge in [-0.05, 0) is 62.3 Å². The molecule has 8 nitrogen and oxygen atoms in total. The van der Waals surface area contributed by atoms with Crippen LogP contribution in [0.3, 0.4) is 0 Å². The number of amides is 3. The van der Waals surface area contributed by atoms with Gasteiger partial charge in [-0.15, -0.1) is 13.2 Å². The summed E-state index contributed by atoms with van der Waals surface area (Å²) in [7, 11) is 0. The first kappa shape index (κ1) is 33.9. The Morgan fingerprint density at radius 3 is 2.33 bits per heavy atom. The summed E-state index contributed by atoms with van der Waals surface area (Å²) in [6.07, 6.45) is 5.25. The molecule has 46 heavy (non-hydrogen) atoms. The molecule has 3 amide bonds. The zero-order valence-corrected chi connectivity index (χ0v) is 28.1. The van der Waals surface area contributed by atoms with E-state index in [1.807, 2.05) is 70.2 Å². The van der Waals surface area contributed by atoms with Crippen molar-refractivity contribution in [1.29, 1.82) is 0 Å². The normalized spacial score (nSPS) is 27.1. The molecule has 0 radical (unpaired) electrons. The molecular formula is C37H46ClN3O5. The maximum absolute atomic E-state index is 15.1. The molecule has 2 aromatic rings. The van der Waals surface area contributed by atoms with Crippen LogP contribution in [0.25, 0.3) is 0 Å². The van der Waals surface area contributed by atoms with E-state index in [9.17, 15) is 14.7 Å². The lowest BCUT2D eigenvalue weighted by molar-refractivity contribution is -0.149. The summed E-state index contributed by atoms with van der Waals surface area (Å²) in [5.41, 5.74) is -0.152. The van der Waals surface area contributed by atoms with Gasteiger partial charge >= 0.3 is 0 Å². The van der Waals surface area contributed by atoms with Crippen molar-refractivity contribution >= 4 is 40.7 Å². The number of nitrogens with zero attached hydrogens (tertiary/aromatic N) is 3. The van der Waals surface area contributed by atoms with Gasteiger partial charge in [0.15, 0.2) is 0 Å². The maximum Gasteiger partial charge on any atom is 0.253 e. The molecular weight excluding hydrogens is 602 g/mol. The average molecular weight is 648 g/mol. The van der Waals surface area contributed by atoms with Gasteiger partial charge in [-0.1, -0.05) is 74.9 Å². The number of benzene rings is 2. The molecule has 3 aliphatic rings. The molecule has 2 bridgehead atoms. The van der Waals surface area contributed by atoms with Crippen LogP contribution in [0.5, 0.6) is 0 Å². The third-order valence-corrected chi connectivity index (χ3v) is 10.5. The Bertz CT molecular complexity index is 1480. The minimum atomic E-state index is -1.26. The zero-order chi connectivity index (χ0) is 33.4. The van der Waals surface area contributed by atoms with Crippen molar-refractivity contribution in [2.75, 3.05) is 29.5 Å². The highest BCUT2D eigenvalue weighted by Gasteiger charge is 2.79. The van der Waals surface area contributed by atoms with Gasteiger partial charge in [0.1, 0.15) is 11.6 Å². The average Bonchev–Trinajstić information content (AvgIpc) is 3.65.